The fourth-order valence-electron chi connectivity index (χ4n) is 2.50. The third-order valence-corrected chi connectivity index (χ3v) is 3.45. The number of aromatic nitrogens is 2. The van der Waals surface area contributed by atoms with Gasteiger partial charge in [-0.25, -0.2) is 0 Å². The highest BCUT2D eigenvalue weighted by molar-refractivity contribution is 5.99. The highest BCUT2D eigenvalue weighted by Crippen LogP contribution is 2.28. The summed E-state index contributed by atoms with van der Waals surface area (Å²) in [5.41, 5.74) is 9.23. The van der Waals surface area contributed by atoms with Gasteiger partial charge in [0.1, 0.15) is 5.69 Å². The first-order valence-corrected chi connectivity index (χ1v) is 6.90. The molecule has 1 aromatic heterocycles. The smallest absolute Gasteiger partial charge is 0.154 e. The summed E-state index contributed by atoms with van der Waals surface area (Å²) >= 11 is 0. The van der Waals surface area contributed by atoms with Crippen molar-refractivity contribution in [3.05, 3.63) is 54.1 Å². The quantitative estimate of drug-likeness (QED) is 0.781. The molecule has 20 heavy (non-hydrogen) atoms. The average Bonchev–Trinajstić information content (AvgIpc) is 2.49. The van der Waals surface area contributed by atoms with E-state index >= 15 is 0 Å². The number of anilines is 1. The molecule has 0 aliphatic carbocycles. The highest BCUT2D eigenvalue weighted by Gasteiger charge is 2.09. The van der Waals surface area contributed by atoms with E-state index in [9.17, 15) is 0 Å². The van der Waals surface area contributed by atoms with E-state index in [4.69, 9.17) is 5.73 Å². The van der Waals surface area contributed by atoms with Crippen molar-refractivity contribution in [2.24, 2.45) is 0 Å². The van der Waals surface area contributed by atoms with Gasteiger partial charge >= 0.3 is 0 Å². The molecule has 0 bridgehead atoms. The second-order valence-electron chi connectivity index (χ2n) is 4.93. The fourth-order valence-corrected chi connectivity index (χ4v) is 2.50. The predicted molar refractivity (Wildman–Crippen MR) is 83.4 cm³/mol. The Labute approximate surface area is 118 Å². The predicted octanol–water partition coefficient (Wildman–Crippen LogP) is 3.83. The van der Waals surface area contributed by atoms with Gasteiger partial charge < -0.3 is 5.73 Å². The molecule has 0 saturated heterocycles. The third-order valence-electron chi connectivity index (χ3n) is 3.45. The lowest BCUT2D eigenvalue weighted by Crippen LogP contribution is -1.97. The molecule has 0 saturated carbocycles. The SMILES string of the molecule is CCCc1cccc(-c2nnc(N)c3ccccc23)c1. The Morgan fingerprint density at radius 3 is 2.55 bits per heavy atom. The summed E-state index contributed by atoms with van der Waals surface area (Å²) < 4.78 is 0. The zero-order chi connectivity index (χ0) is 13.9. The van der Waals surface area contributed by atoms with Crippen LogP contribution in [0.2, 0.25) is 0 Å². The molecule has 3 heteroatoms. The largest absolute Gasteiger partial charge is 0.382 e. The van der Waals surface area contributed by atoms with Gasteiger partial charge in [0.15, 0.2) is 5.82 Å². The summed E-state index contributed by atoms with van der Waals surface area (Å²) in [5.74, 6) is 0.481. The van der Waals surface area contributed by atoms with Crippen molar-refractivity contribution in [2.75, 3.05) is 5.73 Å². The van der Waals surface area contributed by atoms with Crippen LogP contribution in [0.15, 0.2) is 48.5 Å². The Morgan fingerprint density at radius 1 is 0.950 bits per heavy atom. The van der Waals surface area contributed by atoms with Crippen LogP contribution in [0.4, 0.5) is 5.82 Å². The second kappa shape index (κ2) is 5.29. The van der Waals surface area contributed by atoms with Crippen molar-refractivity contribution in [3.8, 4) is 11.3 Å². The molecule has 2 N–H and O–H groups in total. The van der Waals surface area contributed by atoms with E-state index in [1.165, 1.54) is 5.56 Å². The van der Waals surface area contributed by atoms with Gasteiger partial charge in [-0.05, 0) is 18.1 Å². The van der Waals surface area contributed by atoms with Crippen molar-refractivity contribution in [3.63, 3.8) is 0 Å². The van der Waals surface area contributed by atoms with E-state index in [0.717, 1.165) is 34.9 Å². The van der Waals surface area contributed by atoms with Crippen molar-refractivity contribution in [2.45, 2.75) is 19.8 Å². The third kappa shape index (κ3) is 2.23. The Morgan fingerprint density at radius 2 is 1.75 bits per heavy atom. The van der Waals surface area contributed by atoms with Crippen LogP contribution in [-0.2, 0) is 6.42 Å². The summed E-state index contributed by atoms with van der Waals surface area (Å²) in [6, 6.07) is 16.5. The van der Waals surface area contributed by atoms with Gasteiger partial charge in [0, 0.05) is 16.3 Å². The molecular formula is C17H17N3. The summed E-state index contributed by atoms with van der Waals surface area (Å²) in [5, 5.41) is 10.4. The lowest BCUT2D eigenvalue weighted by molar-refractivity contribution is 0.922. The summed E-state index contributed by atoms with van der Waals surface area (Å²) in [6.45, 7) is 2.19. The number of aryl methyl sites for hydroxylation is 1. The van der Waals surface area contributed by atoms with Crippen molar-refractivity contribution >= 4 is 16.6 Å². The first-order chi connectivity index (χ1) is 9.79. The number of nitrogens with two attached hydrogens (primary N) is 1. The zero-order valence-corrected chi connectivity index (χ0v) is 11.5. The second-order valence-corrected chi connectivity index (χ2v) is 4.93. The monoisotopic (exact) mass is 263 g/mol. The Kier molecular flexibility index (Phi) is 3.33. The van der Waals surface area contributed by atoms with Crippen molar-refractivity contribution in [1.29, 1.82) is 0 Å². The molecule has 0 atom stereocenters. The van der Waals surface area contributed by atoms with Gasteiger partial charge in [0.2, 0.25) is 0 Å². The van der Waals surface area contributed by atoms with Gasteiger partial charge in [-0.1, -0.05) is 55.8 Å². The molecule has 0 unspecified atom stereocenters. The van der Waals surface area contributed by atoms with E-state index in [-0.39, 0.29) is 0 Å². The number of hydrogen-bond acceptors (Lipinski definition) is 3. The van der Waals surface area contributed by atoms with Gasteiger partial charge in [-0.3, -0.25) is 0 Å². The normalized spacial score (nSPS) is 10.8. The number of benzene rings is 2. The Hall–Kier alpha value is -2.42. The van der Waals surface area contributed by atoms with Gasteiger partial charge in [-0.2, -0.15) is 0 Å². The Balaban J connectivity index is 2.19. The molecule has 0 aliphatic rings. The van der Waals surface area contributed by atoms with Crippen molar-refractivity contribution < 1.29 is 0 Å². The molecule has 0 aliphatic heterocycles. The van der Waals surface area contributed by atoms with Crippen LogP contribution < -0.4 is 5.73 Å². The van der Waals surface area contributed by atoms with E-state index in [2.05, 4.69) is 41.4 Å². The summed E-state index contributed by atoms with van der Waals surface area (Å²) in [4.78, 5) is 0. The molecule has 0 fully saturated rings. The molecule has 0 radical (unpaired) electrons. The minimum atomic E-state index is 0.481. The minimum absolute atomic E-state index is 0.481. The van der Waals surface area contributed by atoms with Crippen LogP contribution in [-0.4, -0.2) is 10.2 Å². The maximum Gasteiger partial charge on any atom is 0.154 e. The van der Waals surface area contributed by atoms with Gasteiger partial charge in [0.25, 0.3) is 0 Å². The number of rotatable bonds is 3. The number of nitrogen functional groups attached to an aromatic ring is 1. The maximum absolute atomic E-state index is 5.91. The van der Waals surface area contributed by atoms with Crippen LogP contribution in [0.25, 0.3) is 22.0 Å². The number of hydrogen-bond donors (Lipinski definition) is 1. The molecule has 3 aromatic rings. The van der Waals surface area contributed by atoms with Gasteiger partial charge in [-0.15, -0.1) is 10.2 Å². The summed E-state index contributed by atoms with van der Waals surface area (Å²) in [6.07, 6.45) is 2.21. The molecule has 0 amide bonds. The molecule has 1 heterocycles. The van der Waals surface area contributed by atoms with E-state index in [1.807, 2.05) is 24.3 Å². The van der Waals surface area contributed by atoms with E-state index in [0.29, 0.717) is 5.82 Å². The first-order valence-electron chi connectivity index (χ1n) is 6.90. The van der Waals surface area contributed by atoms with Crippen LogP contribution >= 0.6 is 0 Å². The molecule has 0 spiro atoms. The minimum Gasteiger partial charge on any atom is -0.382 e. The topological polar surface area (TPSA) is 51.8 Å². The molecule has 3 nitrogen and oxygen atoms in total. The molecule has 2 aromatic carbocycles. The standard InChI is InChI=1S/C17H17N3/c1-2-6-12-7-5-8-13(11-12)16-14-9-3-4-10-15(14)17(18)20-19-16/h3-5,7-11H,2,6H2,1H3,(H2,18,20). The van der Waals surface area contributed by atoms with Crippen LogP contribution in [0.5, 0.6) is 0 Å². The first kappa shape index (κ1) is 12.6. The molecular weight excluding hydrogens is 246 g/mol. The maximum atomic E-state index is 5.91. The number of nitrogens with zero attached hydrogens (tertiary/aromatic N) is 2. The van der Waals surface area contributed by atoms with Crippen LogP contribution in [0, 0.1) is 0 Å². The van der Waals surface area contributed by atoms with Crippen LogP contribution in [0.3, 0.4) is 0 Å². The fraction of sp³-hybridized carbons (Fsp3) is 0.176. The van der Waals surface area contributed by atoms with Gasteiger partial charge in [0.05, 0.1) is 0 Å². The molecule has 3 rings (SSSR count). The van der Waals surface area contributed by atoms with Crippen molar-refractivity contribution in [1.82, 2.24) is 10.2 Å². The lowest BCUT2D eigenvalue weighted by Gasteiger charge is -2.08. The summed E-state index contributed by atoms with van der Waals surface area (Å²) in [7, 11) is 0. The average molecular weight is 263 g/mol. The number of fused-ring (bicyclic) bond motifs is 1. The highest BCUT2D eigenvalue weighted by atomic mass is 15.1. The van der Waals surface area contributed by atoms with Crippen LogP contribution in [0.1, 0.15) is 18.9 Å². The Bertz CT molecular complexity index is 750. The molecule has 100 valence electrons. The van der Waals surface area contributed by atoms with E-state index < -0.39 is 0 Å². The zero-order valence-electron chi connectivity index (χ0n) is 11.5. The van der Waals surface area contributed by atoms with E-state index in [1.54, 1.807) is 0 Å². The lowest BCUT2D eigenvalue weighted by atomic mass is 10.0.